The number of fused-ring (bicyclic) bond motifs is 1. The fraction of sp³-hybridized carbons (Fsp3) is 0.529. The lowest BCUT2D eigenvalue weighted by Gasteiger charge is -2.38. The van der Waals surface area contributed by atoms with Gasteiger partial charge in [-0.25, -0.2) is 0 Å². The second-order valence-electron chi connectivity index (χ2n) is 6.60. The number of halogens is 1. The zero-order valence-electron chi connectivity index (χ0n) is 13.1. The molecule has 6 heteroatoms. The summed E-state index contributed by atoms with van der Waals surface area (Å²) in [6, 6.07) is 7.56. The molecule has 0 radical (unpaired) electrons. The number of aromatic nitrogens is 3. The maximum atomic E-state index is 10.9. The smallest absolute Gasteiger partial charge is 0.147 e. The van der Waals surface area contributed by atoms with E-state index in [9.17, 15) is 5.11 Å². The lowest BCUT2D eigenvalue weighted by molar-refractivity contribution is -0.0284. The van der Waals surface area contributed by atoms with E-state index in [4.69, 9.17) is 11.6 Å². The third-order valence-electron chi connectivity index (χ3n) is 5.12. The van der Waals surface area contributed by atoms with Crippen molar-refractivity contribution in [1.82, 2.24) is 19.7 Å². The number of hydrogen-bond donors (Lipinski definition) is 1. The van der Waals surface area contributed by atoms with Gasteiger partial charge >= 0.3 is 0 Å². The second kappa shape index (κ2) is 5.89. The van der Waals surface area contributed by atoms with Gasteiger partial charge in [0.05, 0.1) is 12.1 Å². The Morgan fingerprint density at radius 1 is 1.09 bits per heavy atom. The van der Waals surface area contributed by atoms with Crippen molar-refractivity contribution in [2.75, 3.05) is 13.1 Å². The Labute approximate surface area is 140 Å². The number of rotatable bonds is 3. The maximum Gasteiger partial charge on any atom is 0.147 e. The number of aryl methyl sites for hydroxylation is 1. The minimum atomic E-state index is -0.742. The van der Waals surface area contributed by atoms with Crippen LogP contribution in [-0.2, 0) is 25.1 Å². The molecule has 0 spiro atoms. The van der Waals surface area contributed by atoms with Crippen LogP contribution in [0.1, 0.15) is 36.5 Å². The van der Waals surface area contributed by atoms with Crippen molar-refractivity contribution in [2.24, 2.45) is 0 Å². The second-order valence-corrected chi connectivity index (χ2v) is 7.04. The first-order valence-corrected chi connectivity index (χ1v) is 8.64. The van der Waals surface area contributed by atoms with Gasteiger partial charge in [-0.3, -0.25) is 4.90 Å². The number of hydrogen-bond acceptors (Lipinski definition) is 4. The van der Waals surface area contributed by atoms with Gasteiger partial charge in [0.1, 0.15) is 11.6 Å². The van der Waals surface area contributed by atoms with Crippen molar-refractivity contribution in [2.45, 2.75) is 44.4 Å². The molecule has 4 rings (SSSR count). The molecule has 0 amide bonds. The maximum absolute atomic E-state index is 10.9. The average Bonchev–Trinajstić information content (AvgIpc) is 3.15. The molecule has 0 bridgehead atoms. The fourth-order valence-corrected chi connectivity index (χ4v) is 3.78. The molecule has 2 aliphatic rings. The predicted octanol–water partition coefficient (Wildman–Crippen LogP) is 2.36. The Morgan fingerprint density at radius 2 is 1.83 bits per heavy atom. The van der Waals surface area contributed by atoms with Crippen LogP contribution in [-0.4, -0.2) is 37.9 Å². The summed E-state index contributed by atoms with van der Waals surface area (Å²) in [5.41, 5.74) is 0.221. The van der Waals surface area contributed by atoms with Crippen LogP contribution in [0, 0.1) is 0 Å². The van der Waals surface area contributed by atoms with Gasteiger partial charge in [-0.1, -0.05) is 23.7 Å². The van der Waals surface area contributed by atoms with Crippen LogP contribution in [0.25, 0.3) is 0 Å². The van der Waals surface area contributed by atoms with Gasteiger partial charge in [0.15, 0.2) is 0 Å². The molecular formula is C17H21ClN4O. The van der Waals surface area contributed by atoms with Crippen LogP contribution in [0.5, 0.6) is 0 Å². The predicted molar refractivity (Wildman–Crippen MR) is 88.2 cm³/mol. The van der Waals surface area contributed by atoms with Crippen LogP contribution in [0.2, 0.25) is 5.02 Å². The van der Waals surface area contributed by atoms with Crippen molar-refractivity contribution in [3.05, 3.63) is 46.5 Å². The van der Waals surface area contributed by atoms with E-state index in [1.165, 1.54) is 6.42 Å². The van der Waals surface area contributed by atoms with E-state index in [1.54, 1.807) is 0 Å². The molecule has 1 fully saturated rings. The highest BCUT2D eigenvalue weighted by atomic mass is 35.5. The van der Waals surface area contributed by atoms with Crippen molar-refractivity contribution in [3.8, 4) is 0 Å². The number of benzene rings is 1. The summed E-state index contributed by atoms with van der Waals surface area (Å²) in [5.74, 6) is 2.18. The fourth-order valence-electron chi connectivity index (χ4n) is 3.66. The zero-order chi connectivity index (χ0) is 15.9. The molecule has 0 saturated carbocycles. The summed E-state index contributed by atoms with van der Waals surface area (Å²) < 4.78 is 2.25. The van der Waals surface area contributed by atoms with Gasteiger partial charge in [-0.2, -0.15) is 0 Å². The normalized spacial score (nSPS) is 20.6. The monoisotopic (exact) mass is 332 g/mol. The minimum absolute atomic E-state index is 0.704. The number of likely N-dealkylation sites (tertiary alicyclic amines) is 1. The van der Waals surface area contributed by atoms with Gasteiger partial charge in [0.2, 0.25) is 0 Å². The lowest BCUT2D eigenvalue weighted by Crippen LogP contribution is -2.42. The highest BCUT2D eigenvalue weighted by Crippen LogP contribution is 2.33. The Balaban J connectivity index is 1.41. The molecule has 1 N–H and O–H groups in total. The molecule has 1 saturated heterocycles. The van der Waals surface area contributed by atoms with Crippen LogP contribution in [0.15, 0.2) is 24.3 Å². The molecule has 23 heavy (non-hydrogen) atoms. The summed E-state index contributed by atoms with van der Waals surface area (Å²) >= 11 is 5.94. The summed E-state index contributed by atoms with van der Waals surface area (Å²) in [6.45, 7) is 3.59. The first-order chi connectivity index (χ1) is 11.1. The largest absolute Gasteiger partial charge is 0.385 e. The Hall–Kier alpha value is -1.43. The molecule has 5 nitrogen and oxygen atoms in total. The molecular weight excluding hydrogens is 312 g/mol. The van der Waals surface area contributed by atoms with E-state index in [0.29, 0.717) is 5.02 Å². The molecule has 3 heterocycles. The molecule has 1 aromatic carbocycles. The molecule has 1 aromatic heterocycles. The molecule has 0 aliphatic carbocycles. The van der Waals surface area contributed by atoms with Crippen LogP contribution in [0.3, 0.4) is 0 Å². The SMILES string of the molecule is OC1(c2ccc(Cl)cc2)CCN(Cc2nnc3n2CCC3)CC1. The Bertz CT molecular complexity index is 689. The molecule has 122 valence electrons. The summed E-state index contributed by atoms with van der Waals surface area (Å²) in [7, 11) is 0. The zero-order valence-corrected chi connectivity index (χ0v) is 13.8. The van der Waals surface area contributed by atoms with Gasteiger partial charge in [0.25, 0.3) is 0 Å². The van der Waals surface area contributed by atoms with E-state index in [1.807, 2.05) is 24.3 Å². The minimum Gasteiger partial charge on any atom is -0.385 e. The number of nitrogens with zero attached hydrogens (tertiary/aromatic N) is 4. The van der Waals surface area contributed by atoms with Crippen LogP contribution >= 0.6 is 11.6 Å². The van der Waals surface area contributed by atoms with E-state index in [0.717, 1.165) is 62.7 Å². The quantitative estimate of drug-likeness (QED) is 0.937. The number of aliphatic hydroxyl groups is 1. The van der Waals surface area contributed by atoms with E-state index in [-0.39, 0.29) is 0 Å². The first kappa shape index (κ1) is 15.1. The number of piperidine rings is 1. The molecule has 0 atom stereocenters. The molecule has 2 aliphatic heterocycles. The third kappa shape index (κ3) is 2.89. The van der Waals surface area contributed by atoms with Crippen LogP contribution < -0.4 is 0 Å². The van der Waals surface area contributed by atoms with Gasteiger partial charge < -0.3 is 9.67 Å². The Kier molecular flexibility index (Phi) is 3.87. The molecule has 2 aromatic rings. The van der Waals surface area contributed by atoms with E-state index >= 15 is 0 Å². The summed E-state index contributed by atoms with van der Waals surface area (Å²) in [4.78, 5) is 2.36. The van der Waals surface area contributed by atoms with Crippen molar-refractivity contribution >= 4 is 11.6 Å². The highest BCUT2D eigenvalue weighted by Gasteiger charge is 2.34. The van der Waals surface area contributed by atoms with Crippen LogP contribution in [0.4, 0.5) is 0 Å². The lowest BCUT2D eigenvalue weighted by atomic mass is 9.84. The highest BCUT2D eigenvalue weighted by molar-refractivity contribution is 6.30. The van der Waals surface area contributed by atoms with Crippen molar-refractivity contribution in [1.29, 1.82) is 0 Å². The third-order valence-corrected chi connectivity index (χ3v) is 5.37. The van der Waals surface area contributed by atoms with E-state index < -0.39 is 5.60 Å². The molecule has 0 unspecified atom stereocenters. The summed E-state index contributed by atoms with van der Waals surface area (Å²) in [6.07, 6.45) is 3.68. The van der Waals surface area contributed by atoms with Crippen molar-refractivity contribution < 1.29 is 5.11 Å². The van der Waals surface area contributed by atoms with Gasteiger partial charge in [-0.15, -0.1) is 10.2 Å². The standard InChI is InChI=1S/C17H21ClN4O/c18-14-5-3-13(4-6-14)17(23)7-10-21(11-8-17)12-16-20-19-15-2-1-9-22(15)16/h3-6,23H,1-2,7-12H2. The van der Waals surface area contributed by atoms with E-state index in [2.05, 4.69) is 19.7 Å². The summed E-state index contributed by atoms with van der Waals surface area (Å²) in [5, 5.41) is 20.2. The topological polar surface area (TPSA) is 54.2 Å². The van der Waals surface area contributed by atoms with Gasteiger partial charge in [-0.05, 0) is 37.0 Å². The first-order valence-electron chi connectivity index (χ1n) is 8.26. The Morgan fingerprint density at radius 3 is 2.57 bits per heavy atom. The van der Waals surface area contributed by atoms with Crippen molar-refractivity contribution in [3.63, 3.8) is 0 Å². The van der Waals surface area contributed by atoms with Gasteiger partial charge in [0, 0.05) is 31.1 Å². The average molecular weight is 333 g/mol.